The quantitative estimate of drug-likeness (QED) is 0.107. The number of aliphatic hydroxyl groups excluding tert-OH is 5. The number of aromatic nitrogens is 2. The lowest BCUT2D eigenvalue weighted by Crippen LogP contribution is -2.57. The second-order valence-corrected chi connectivity index (χ2v) is 12.3. The Hall–Kier alpha value is -1.45. The monoisotopic (exact) mass is 669 g/mol. The van der Waals surface area contributed by atoms with Crippen LogP contribution in [0.4, 0.5) is 4.39 Å². The number of alkyl halides is 1. The van der Waals surface area contributed by atoms with E-state index in [0.717, 1.165) is 12.3 Å². The van der Waals surface area contributed by atoms with Gasteiger partial charge in [0.1, 0.15) is 36.6 Å². The number of phosphoric acid groups is 2. The van der Waals surface area contributed by atoms with E-state index >= 15 is 0 Å². The summed E-state index contributed by atoms with van der Waals surface area (Å²) in [5, 5.41) is 48.5. The average molecular weight is 669 g/mol. The second kappa shape index (κ2) is 16.2. The molecule has 3 heterocycles. The Morgan fingerprint density at radius 2 is 1.53 bits per heavy atom. The van der Waals surface area contributed by atoms with Crippen LogP contribution in [0, 0.1) is 0 Å². The SMILES string of the molecule is CCN(CC)CC.O=c1ccn([C@@H]2O[C@H](COP(=O)(O)OP(=O)(O)O[C@H]3O[C@H](CO)[C@@H](O)[C@H](O)[C@H]3F)[C@@H](O)[C@H]2O)c(=O)[nH]1. The molecule has 1 aromatic heterocycles. The predicted molar refractivity (Wildman–Crippen MR) is 141 cm³/mol. The van der Waals surface area contributed by atoms with Gasteiger partial charge >= 0.3 is 21.3 Å². The molecule has 2 aliphatic rings. The minimum atomic E-state index is -5.67. The van der Waals surface area contributed by atoms with Crippen molar-refractivity contribution >= 4 is 15.6 Å². The van der Waals surface area contributed by atoms with E-state index in [4.69, 9.17) is 14.6 Å². The average Bonchev–Trinajstić information content (AvgIpc) is 3.21. The maximum absolute atomic E-state index is 14.1. The van der Waals surface area contributed by atoms with Crippen molar-refractivity contribution in [1.29, 1.82) is 0 Å². The van der Waals surface area contributed by atoms with Crippen LogP contribution in [0.25, 0.3) is 0 Å². The van der Waals surface area contributed by atoms with Crippen molar-refractivity contribution in [1.82, 2.24) is 14.5 Å². The summed E-state index contributed by atoms with van der Waals surface area (Å²) in [4.78, 5) is 46.8. The zero-order chi connectivity index (χ0) is 32.7. The normalized spacial score (nSPS) is 33.8. The first-order chi connectivity index (χ1) is 20.0. The Morgan fingerprint density at radius 3 is 2.05 bits per heavy atom. The lowest BCUT2D eigenvalue weighted by Gasteiger charge is -2.38. The lowest BCUT2D eigenvalue weighted by atomic mass is 10.0. The van der Waals surface area contributed by atoms with Gasteiger partial charge in [0.2, 0.25) is 6.29 Å². The molecule has 2 aliphatic heterocycles. The van der Waals surface area contributed by atoms with Crippen molar-refractivity contribution in [2.45, 2.75) is 76.1 Å². The van der Waals surface area contributed by atoms with Crippen LogP contribution >= 0.6 is 15.6 Å². The molecule has 2 saturated heterocycles. The van der Waals surface area contributed by atoms with Gasteiger partial charge in [-0.25, -0.2) is 18.3 Å². The van der Waals surface area contributed by atoms with E-state index in [1.54, 1.807) is 0 Å². The molecule has 2 fully saturated rings. The van der Waals surface area contributed by atoms with Crippen molar-refractivity contribution in [3.63, 3.8) is 0 Å². The number of hydrogen-bond acceptors (Lipinski definition) is 15. The van der Waals surface area contributed by atoms with Gasteiger partial charge in [-0.3, -0.25) is 23.4 Å². The van der Waals surface area contributed by atoms with Gasteiger partial charge in [-0.15, -0.1) is 0 Å². The minimum Gasteiger partial charge on any atom is -0.394 e. The summed E-state index contributed by atoms with van der Waals surface area (Å²) in [6.45, 7) is 8.12. The Labute approximate surface area is 244 Å². The van der Waals surface area contributed by atoms with E-state index in [9.17, 15) is 53.3 Å². The highest BCUT2D eigenvalue weighted by Gasteiger charge is 2.50. The van der Waals surface area contributed by atoms with Gasteiger partial charge in [-0.05, 0) is 19.6 Å². The zero-order valence-electron chi connectivity index (χ0n) is 23.4. The highest BCUT2D eigenvalue weighted by atomic mass is 31.3. The number of nitrogens with zero attached hydrogens (tertiary/aromatic N) is 2. The summed E-state index contributed by atoms with van der Waals surface area (Å²) in [7, 11) is -11.2. The molecule has 0 spiro atoms. The summed E-state index contributed by atoms with van der Waals surface area (Å²) < 4.78 is 61.7. The topological polar surface area (TPSA) is 280 Å². The summed E-state index contributed by atoms with van der Waals surface area (Å²) >= 11 is 0. The molecule has 8 N–H and O–H groups in total. The van der Waals surface area contributed by atoms with Gasteiger partial charge in [-0.1, -0.05) is 20.8 Å². The highest BCUT2D eigenvalue weighted by Crippen LogP contribution is 2.61. The van der Waals surface area contributed by atoms with E-state index in [-0.39, 0.29) is 0 Å². The molecule has 0 radical (unpaired) electrons. The van der Waals surface area contributed by atoms with Gasteiger partial charge in [-0.2, -0.15) is 4.31 Å². The first-order valence-electron chi connectivity index (χ1n) is 13.0. The van der Waals surface area contributed by atoms with Gasteiger partial charge < -0.3 is 49.7 Å². The zero-order valence-corrected chi connectivity index (χ0v) is 25.1. The standard InChI is InChI=1S/C15H23FN2O16P2.C6H15N/c16-8-11(23)9(21)5(3-19)32-14(8)33-36(28,29)34-35(26,27)30-4-6-10(22)12(24)13(31-6)18-2-1-7(20)17-15(18)25;1-4-7(5-2)6-3/h1-2,5-6,8-14,19,21-24H,3-4H2,(H,26,27)(H,28,29)(H,17,20,25);4-6H2,1-3H3/t5-,6-,8-,9-,10-,11-,12-,13-,14-;/m1./s1. The van der Waals surface area contributed by atoms with Crippen LogP contribution in [-0.4, -0.2) is 132 Å². The number of nitrogens with one attached hydrogen (secondary N) is 1. The molecule has 2 unspecified atom stereocenters. The number of H-pyrrole nitrogens is 1. The molecule has 0 aliphatic carbocycles. The molecule has 43 heavy (non-hydrogen) atoms. The first kappa shape index (κ1) is 37.7. The van der Waals surface area contributed by atoms with Gasteiger partial charge in [0, 0.05) is 12.3 Å². The van der Waals surface area contributed by atoms with Crippen molar-refractivity contribution in [3.8, 4) is 0 Å². The summed E-state index contributed by atoms with van der Waals surface area (Å²) in [5.41, 5.74) is -1.76. The molecule has 0 amide bonds. The predicted octanol–water partition coefficient (Wildman–Crippen LogP) is -2.47. The Kier molecular flexibility index (Phi) is 14.2. The summed E-state index contributed by atoms with van der Waals surface area (Å²) in [6, 6.07) is 0.919. The summed E-state index contributed by atoms with van der Waals surface area (Å²) in [6.07, 6.45) is -16.6. The fraction of sp³-hybridized carbons (Fsp3) is 0.810. The van der Waals surface area contributed by atoms with Crippen LogP contribution in [0.1, 0.15) is 27.0 Å². The molecule has 3 rings (SSSR count). The van der Waals surface area contributed by atoms with Gasteiger partial charge in [0.25, 0.3) is 5.56 Å². The van der Waals surface area contributed by atoms with Crippen LogP contribution in [0.15, 0.2) is 21.9 Å². The van der Waals surface area contributed by atoms with Crippen molar-refractivity contribution in [2.24, 2.45) is 0 Å². The molecule has 0 saturated carbocycles. The lowest BCUT2D eigenvalue weighted by molar-refractivity contribution is -0.265. The molecular weight excluding hydrogens is 631 g/mol. The fourth-order valence-corrected chi connectivity index (χ4v) is 6.15. The molecule has 1 aromatic rings. The number of rotatable bonds is 12. The maximum Gasteiger partial charge on any atom is 0.483 e. The van der Waals surface area contributed by atoms with Crippen LogP contribution < -0.4 is 11.2 Å². The number of phosphoric ester groups is 2. The third kappa shape index (κ3) is 10.3. The molecule has 0 bridgehead atoms. The maximum atomic E-state index is 14.1. The smallest absolute Gasteiger partial charge is 0.394 e. The molecule has 19 nitrogen and oxygen atoms in total. The van der Waals surface area contributed by atoms with Gasteiger partial charge in [0.05, 0.1) is 13.2 Å². The van der Waals surface area contributed by atoms with Crippen LogP contribution in [-0.2, 0) is 32.0 Å². The van der Waals surface area contributed by atoms with Crippen LogP contribution in [0.2, 0.25) is 0 Å². The molecule has 250 valence electrons. The van der Waals surface area contributed by atoms with E-state index in [1.807, 2.05) is 4.98 Å². The highest BCUT2D eigenvalue weighted by molar-refractivity contribution is 7.61. The Morgan fingerprint density at radius 1 is 0.953 bits per heavy atom. The van der Waals surface area contributed by atoms with Crippen molar-refractivity contribution in [2.75, 3.05) is 32.8 Å². The number of ether oxygens (including phenoxy) is 2. The number of halogens is 1. The van der Waals surface area contributed by atoms with E-state index in [1.165, 1.54) is 19.6 Å². The summed E-state index contributed by atoms with van der Waals surface area (Å²) in [5.74, 6) is 0. The van der Waals surface area contributed by atoms with E-state index < -0.39 is 95.4 Å². The fourth-order valence-electron chi connectivity index (χ4n) is 4.00. The van der Waals surface area contributed by atoms with Crippen molar-refractivity contribution < 1.29 is 71.7 Å². The number of hydrogen-bond donors (Lipinski definition) is 8. The van der Waals surface area contributed by atoms with Crippen molar-refractivity contribution in [3.05, 3.63) is 33.1 Å². The van der Waals surface area contributed by atoms with Crippen LogP contribution in [0.3, 0.4) is 0 Å². The molecule has 11 atom stereocenters. The van der Waals surface area contributed by atoms with Gasteiger partial charge in [0.15, 0.2) is 12.4 Å². The molecule has 22 heteroatoms. The Balaban J connectivity index is 0.000000821. The second-order valence-electron chi connectivity index (χ2n) is 9.25. The first-order valence-corrected chi connectivity index (χ1v) is 16.0. The van der Waals surface area contributed by atoms with E-state index in [2.05, 4.69) is 39.0 Å². The van der Waals surface area contributed by atoms with E-state index in [0.29, 0.717) is 4.57 Å². The molecular formula is C21H38FN3O16P2. The Bertz CT molecular complexity index is 1230. The largest absolute Gasteiger partial charge is 0.483 e. The minimum absolute atomic E-state index is 0.711. The number of aliphatic hydroxyl groups is 5. The van der Waals surface area contributed by atoms with Crippen LogP contribution in [0.5, 0.6) is 0 Å². The third-order valence-corrected chi connectivity index (χ3v) is 9.06. The third-order valence-electron chi connectivity index (χ3n) is 6.46. The molecule has 0 aromatic carbocycles. The number of aromatic amines is 1.